The second-order valence-electron chi connectivity index (χ2n) is 7.55. The monoisotopic (exact) mass is 427 g/mol. The average molecular weight is 428 g/mol. The summed E-state index contributed by atoms with van der Waals surface area (Å²) in [4.78, 5) is 34.2. The largest absolute Gasteiger partial charge is 0.480 e. The van der Waals surface area contributed by atoms with E-state index >= 15 is 0 Å². The summed E-state index contributed by atoms with van der Waals surface area (Å²) in [6.07, 6.45) is 4.24. The first-order valence-corrected chi connectivity index (χ1v) is 10.7. The van der Waals surface area contributed by atoms with E-state index in [1.165, 1.54) is 10.6 Å². The van der Waals surface area contributed by atoms with Crippen molar-refractivity contribution in [3.05, 3.63) is 59.3 Å². The van der Waals surface area contributed by atoms with Crippen molar-refractivity contribution in [2.45, 2.75) is 44.6 Å². The van der Waals surface area contributed by atoms with Crippen LogP contribution in [0.4, 0.5) is 5.82 Å². The van der Waals surface area contributed by atoms with Crippen LogP contribution in [0.2, 0.25) is 0 Å². The van der Waals surface area contributed by atoms with Gasteiger partial charge in [-0.2, -0.15) is 0 Å². The molecule has 2 aromatic rings. The molecule has 1 aromatic heterocycles. The highest BCUT2D eigenvalue weighted by Gasteiger charge is 2.28. The Morgan fingerprint density at radius 2 is 1.97 bits per heavy atom. The summed E-state index contributed by atoms with van der Waals surface area (Å²) in [5.41, 5.74) is 2.56. The van der Waals surface area contributed by atoms with Gasteiger partial charge in [-0.25, -0.2) is 9.78 Å². The Bertz CT molecular complexity index is 875. The van der Waals surface area contributed by atoms with E-state index in [-0.39, 0.29) is 19.6 Å². The van der Waals surface area contributed by atoms with Crippen LogP contribution in [-0.2, 0) is 22.5 Å². The van der Waals surface area contributed by atoms with Gasteiger partial charge in [-0.1, -0.05) is 24.3 Å². The molecule has 0 unspecified atom stereocenters. The number of pyridine rings is 1. The van der Waals surface area contributed by atoms with Crippen LogP contribution < -0.4 is 5.32 Å². The van der Waals surface area contributed by atoms with Crippen molar-refractivity contribution in [3.8, 4) is 0 Å². The van der Waals surface area contributed by atoms with Crippen LogP contribution in [0.15, 0.2) is 42.5 Å². The number of nitrogens with zero attached hydrogens (tertiary/aromatic N) is 2. The van der Waals surface area contributed by atoms with E-state index in [0.29, 0.717) is 12.0 Å². The number of aliphatic hydroxyl groups is 1. The van der Waals surface area contributed by atoms with E-state index in [4.69, 9.17) is 4.84 Å². The summed E-state index contributed by atoms with van der Waals surface area (Å²) in [5.74, 6) is -0.805. The highest BCUT2D eigenvalue weighted by atomic mass is 16.7. The number of carbonyl (C=O) groups is 2. The molecule has 0 spiro atoms. The first kappa shape index (κ1) is 22.7. The van der Waals surface area contributed by atoms with E-state index in [2.05, 4.69) is 16.4 Å². The summed E-state index contributed by atoms with van der Waals surface area (Å²) in [6, 6.07) is 11.5. The van der Waals surface area contributed by atoms with Crippen LogP contribution in [-0.4, -0.2) is 57.9 Å². The van der Waals surface area contributed by atoms with Crippen LogP contribution in [0.5, 0.6) is 0 Å². The number of anilines is 1. The molecule has 0 fully saturated rings. The maximum atomic E-state index is 12.4. The topological polar surface area (TPSA) is 112 Å². The van der Waals surface area contributed by atoms with Crippen LogP contribution in [0, 0.1) is 0 Å². The zero-order chi connectivity index (χ0) is 22.1. The Hall–Kier alpha value is -2.97. The fourth-order valence-corrected chi connectivity index (χ4v) is 3.59. The summed E-state index contributed by atoms with van der Waals surface area (Å²) in [6.45, 7) is 0.869. The van der Waals surface area contributed by atoms with Gasteiger partial charge in [-0.15, -0.1) is 5.06 Å². The highest BCUT2D eigenvalue weighted by molar-refractivity contribution is 5.89. The lowest BCUT2D eigenvalue weighted by Gasteiger charge is -2.27. The van der Waals surface area contributed by atoms with Crippen LogP contribution in [0.1, 0.15) is 47.3 Å². The number of hydrogen-bond acceptors (Lipinski definition) is 7. The Balaban J connectivity index is 1.58. The van der Waals surface area contributed by atoms with Gasteiger partial charge in [0, 0.05) is 25.4 Å². The quantitative estimate of drug-likeness (QED) is 0.371. The molecule has 31 heavy (non-hydrogen) atoms. The molecule has 1 atom stereocenters. The first-order chi connectivity index (χ1) is 15.1. The normalized spacial score (nSPS) is 13.9. The molecule has 1 aromatic carbocycles. The predicted octanol–water partition coefficient (Wildman–Crippen LogP) is 2.67. The summed E-state index contributed by atoms with van der Waals surface area (Å²) in [5, 5.41) is 23.3. The number of nitrogens with one attached hydrogen (secondary N) is 1. The second kappa shape index (κ2) is 11.4. The third-order valence-electron chi connectivity index (χ3n) is 5.26. The average Bonchev–Trinajstić information content (AvgIpc) is 2.79. The number of benzene rings is 1. The molecule has 1 aliphatic rings. The van der Waals surface area contributed by atoms with Gasteiger partial charge in [0.2, 0.25) is 0 Å². The van der Waals surface area contributed by atoms with E-state index in [1.807, 2.05) is 6.07 Å². The summed E-state index contributed by atoms with van der Waals surface area (Å²) >= 11 is 0. The molecule has 3 rings (SSSR count). The lowest BCUT2D eigenvalue weighted by Crippen LogP contribution is -2.43. The molecule has 0 aliphatic carbocycles. The molecule has 0 radical (unpaired) electrons. The van der Waals surface area contributed by atoms with Crippen molar-refractivity contribution in [2.75, 3.05) is 25.0 Å². The SMILES string of the molecule is O=C(ON(CCCCc1ccc2c(n1)NCCC2)[C@@H](CCO)C(=O)O)c1ccccc1. The highest BCUT2D eigenvalue weighted by Crippen LogP contribution is 2.20. The number of carbonyl (C=O) groups excluding carboxylic acids is 1. The van der Waals surface area contributed by atoms with Crippen molar-refractivity contribution < 1.29 is 24.6 Å². The van der Waals surface area contributed by atoms with E-state index in [0.717, 1.165) is 43.7 Å². The van der Waals surface area contributed by atoms with Crippen LogP contribution in [0.25, 0.3) is 0 Å². The van der Waals surface area contributed by atoms with Gasteiger partial charge in [0.15, 0.2) is 0 Å². The van der Waals surface area contributed by atoms with Crippen molar-refractivity contribution >= 4 is 17.8 Å². The first-order valence-electron chi connectivity index (χ1n) is 10.7. The Morgan fingerprint density at radius 3 is 2.71 bits per heavy atom. The number of rotatable bonds is 11. The third kappa shape index (κ3) is 6.50. The van der Waals surface area contributed by atoms with Gasteiger partial charge in [-0.3, -0.25) is 4.79 Å². The van der Waals surface area contributed by atoms with Gasteiger partial charge >= 0.3 is 11.9 Å². The van der Waals surface area contributed by atoms with Crippen molar-refractivity contribution in [3.63, 3.8) is 0 Å². The van der Waals surface area contributed by atoms with Gasteiger partial charge in [0.05, 0.1) is 5.56 Å². The van der Waals surface area contributed by atoms with Crippen molar-refractivity contribution in [1.82, 2.24) is 10.0 Å². The van der Waals surface area contributed by atoms with E-state index < -0.39 is 18.0 Å². The zero-order valence-corrected chi connectivity index (χ0v) is 17.5. The minimum Gasteiger partial charge on any atom is -0.480 e. The smallest absolute Gasteiger partial charge is 0.357 e. The van der Waals surface area contributed by atoms with E-state index in [1.54, 1.807) is 30.3 Å². The molecule has 166 valence electrons. The van der Waals surface area contributed by atoms with Gasteiger partial charge < -0.3 is 20.4 Å². The molecule has 0 amide bonds. The predicted molar refractivity (Wildman–Crippen MR) is 116 cm³/mol. The number of fused-ring (bicyclic) bond motifs is 1. The molecule has 8 heteroatoms. The van der Waals surface area contributed by atoms with E-state index in [9.17, 15) is 19.8 Å². The number of aliphatic carboxylic acids is 1. The van der Waals surface area contributed by atoms with Gasteiger partial charge in [0.25, 0.3) is 0 Å². The van der Waals surface area contributed by atoms with Crippen LogP contribution in [0.3, 0.4) is 0 Å². The number of aliphatic hydroxyl groups excluding tert-OH is 1. The number of carboxylic acid groups (broad SMARTS) is 1. The molecule has 0 saturated heterocycles. The Labute approximate surface area is 181 Å². The summed E-state index contributed by atoms with van der Waals surface area (Å²) < 4.78 is 0. The lowest BCUT2D eigenvalue weighted by atomic mass is 10.1. The van der Waals surface area contributed by atoms with Gasteiger partial charge in [-0.05, 0) is 62.3 Å². The van der Waals surface area contributed by atoms with Crippen LogP contribution >= 0.6 is 0 Å². The molecular formula is C23H29N3O5. The fraction of sp³-hybridized carbons (Fsp3) is 0.435. The molecular weight excluding hydrogens is 398 g/mol. The number of aryl methyl sites for hydroxylation is 2. The van der Waals surface area contributed by atoms with Gasteiger partial charge in [0.1, 0.15) is 11.9 Å². The maximum Gasteiger partial charge on any atom is 0.357 e. The minimum atomic E-state index is -1.14. The molecule has 1 aliphatic heterocycles. The molecule has 0 saturated carbocycles. The summed E-state index contributed by atoms with van der Waals surface area (Å²) in [7, 11) is 0. The Kier molecular flexibility index (Phi) is 8.37. The minimum absolute atomic E-state index is 0.0323. The number of hydrogen-bond donors (Lipinski definition) is 3. The molecule has 2 heterocycles. The second-order valence-corrected chi connectivity index (χ2v) is 7.55. The van der Waals surface area contributed by atoms with Crippen molar-refractivity contribution in [2.24, 2.45) is 0 Å². The van der Waals surface area contributed by atoms with Crippen molar-refractivity contribution in [1.29, 1.82) is 0 Å². The number of aromatic nitrogens is 1. The number of unbranched alkanes of at least 4 members (excludes halogenated alkanes) is 1. The number of hydroxylamine groups is 2. The Morgan fingerprint density at radius 1 is 1.16 bits per heavy atom. The standard InChI is InChI=1S/C23H29N3O5/c27-16-13-20(22(28)29)26(31-23(30)18-7-2-1-3-8-18)15-5-4-10-19-12-11-17-9-6-14-24-21(17)25-19/h1-3,7-8,11-12,20,27H,4-6,9-10,13-16H2,(H,24,25)(H,28,29)/t20-/m0/s1. The number of carboxylic acids is 1. The molecule has 0 bridgehead atoms. The lowest BCUT2D eigenvalue weighted by molar-refractivity contribution is -0.174. The third-order valence-corrected chi connectivity index (χ3v) is 5.26. The maximum absolute atomic E-state index is 12.4. The zero-order valence-electron chi connectivity index (χ0n) is 17.5. The fourth-order valence-electron chi connectivity index (χ4n) is 3.59. The molecule has 8 nitrogen and oxygen atoms in total. The molecule has 3 N–H and O–H groups in total.